The number of ether oxygens (including phenoxy) is 1. The fraction of sp³-hybridized carbons (Fsp3) is 0.538. The summed E-state index contributed by atoms with van der Waals surface area (Å²) in [6.07, 6.45) is 0.998. The number of aliphatic hydroxyl groups excluding tert-OH is 1. The van der Waals surface area contributed by atoms with Crippen molar-refractivity contribution in [1.29, 1.82) is 0 Å². The quantitative estimate of drug-likeness (QED) is 0.611. The van der Waals surface area contributed by atoms with Crippen molar-refractivity contribution < 1.29 is 9.84 Å². The Bertz CT molecular complexity index is 366. The Labute approximate surface area is 124 Å². The Kier molecular flexibility index (Phi) is 8.18. The third-order valence-electron chi connectivity index (χ3n) is 2.59. The first-order valence-electron chi connectivity index (χ1n) is 6.23. The van der Waals surface area contributed by atoms with Crippen molar-refractivity contribution in [3.8, 4) is 5.75 Å². The lowest BCUT2D eigenvalue weighted by Gasteiger charge is -2.10. The van der Waals surface area contributed by atoms with Gasteiger partial charge in [-0.2, -0.15) is 0 Å². The standard InChI is InChI=1S/C13H20Cl2N2O2/c1-19-13-11(14)7-10(8-12(13)15)9-17-4-2-3-16-5-6-18/h7-8,16-18H,2-6,9H2,1H3. The highest BCUT2D eigenvalue weighted by atomic mass is 35.5. The molecule has 0 aliphatic carbocycles. The average Bonchev–Trinajstić information content (AvgIpc) is 2.37. The molecule has 3 N–H and O–H groups in total. The third kappa shape index (κ3) is 5.97. The van der Waals surface area contributed by atoms with Crippen LogP contribution in [0.25, 0.3) is 0 Å². The second-order valence-electron chi connectivity index (χ2n) is 4.10. The van der Waals surface area contributed by atoms with Gasteiger partial charge in [-0.05, 0) is 37.2 Å². The van der Waals surface area contributed by atoms with Crippen molar-refractivity contribution >= 4 is 23.2 Å². The number of hydrogen-bond donors (Lipinski definition) is 3. The number of halogens is 2. The summed E-state index contributed by atoms with van der Waals surface area (Å²) in [6, 6.07) is 3.70. The highest BCUT2D eigenvalue weighted by Gasteiger charge is 2.08. The van der Waals surface area contributed by atoms with Gasteiger partial charge in [0.15, 0.2) is 5.75 Å². The zero-order chi connectivity index (χ0) is 14.1. The SMILES string of the molecule is COc1c(Cl)cc(CNCCCNCCO)cc1Cl. The number of hydrogen-bond acceptors (Lipinski definition) is 4. The van der Waals surface area contributed by atoms with E-state index in [1.807, 2.05) is 12.1 Å². The summed E-state index contributed by atoms with van der Waals surface area (Å²) in [5.41, 5.74) is 1.03. The van der Waals surface area contributed by atoms with Gasteiger partial charge < -0.3 is 20.5 Å². The van der Waals surface area contributed by atoms with Crippen LogP contribution in [0.15, 0.2) is 12.1 Å². The van der Waals surface area contributed by atoms with E-state index in [0.29, 0.717) is 28.9 Å². The Morgan fingerprint density at radius 2 is 1.74 bits per heavy atom. The molecule has 0 aliphatic rings. The minimum Gasteiger partial charge on any atom is -0.494 e. The van der Waals surface area contributed by atoms with E-state index in [1.54, 1.807) is 7.11 Å². The number of nitrogens with one attached hydrogen (secondary N) is 2. The van der Waals surface area contributed by atoms with Gasteiger partial charge in [0.05, 0.1) is 23.8 Å². The summed E-state index contributed by atoms with van der Waals surface area (Å²) < 4.78 is 5.10. The molecule has 4 nitrogen and oxygen atoms in total. The molecular weight excluding hydrogens is 287 g/mol. The first kappa shape index (κ1) is 16.5. The predicted octanol–water partition coefficient (Wildman–Crippen LogP) is 2.06. The molecule has 0 aromatic heterocycles. The maximum absolute atomic E-state index is 8.60. The van der Waals surface area contributed by atoms with Crippen LogP contribution in [0, 0.1) is 0 Å². The zero-order valence-corrected chi connectivity index (χ0v) is 12.5. The second-order valence-corrected chi connectivity index (χ2v) is 4.91. The summed E-state index contributed by atoms with van der Waals surface area (Å²) >= 11 is 12.1. The van der Waals surface area contributed by atoms with Gasteiger partial charge in [0.2, 0.25) is 0 Å². The lowest BCUT2D eigenvalue weighted by molar-refractivity contribution is 0.292. The van der Waals surface area contributed by atoms with E-state index >= 15 is 0 Å². The summed E-state index contributed by atoms with van der Waals surface area (Å²) in [6.45, 7) is 3.31. The lowest BCUT2D eigenvalue weighted by Crippen LogP contribution is -2.23. The number of methoxy groups -OCH3 is 1. The Morgan fingerprint density at radius 3 is 2.32 bits per heavy atom. The summed E-state index contributed by atoms with van der Waals surface area (Å²) in [5.74, 6) is 0.514. The molecule has 1 rings (SSSR count). The molecule has 0 spiro atoms. The normalized spacial score (nSPS) is 10.7. The lowest BCUT2D eigenvalue weighted by atomic mass is 10.2. The Balaban J connectivity index is 2.30. The second kappa shape index (κ2) is 9.39. The van der Waals surface area contributed by atoms with E-state index < -0.39 is 0 Å². The molecular formula is C13H20Cl2N2O2. The molecule has 0 saturated carbocycles. The zero-order valence-electron chi connectivity index (χ0n) is 11.0. The van der Waals surface area contributed by atoms with Crippen LogP contribution in [0.3, 0.4) is 0 Å². The van der Waals surface area contributed by atoms with Crippen molar-refractivity contribution in [3.05, 3.63) is 27.7 Å². The first-order valence-corrected chi connectivity index (χ1v) is 6.98. The Morgan fingerprint density at radius 1 is 1.11 bits per heavy atom. The van der Waals surface area contributed by atoms with Crippen LogP contribution in [-0.2, 0) is 6.54 Å². The minimum atomic E-state index is 0.177. The van der Waals surface area contributed by atoms with E-state index in [1.165, 1.54) is 0 Å². The van der Waals surface area contributed by atoms with Crippen LogP contribution in [0.2, 0.25) is 10.0 Å². The largest absolute Gasteiger partial charge is 0.494 e. The van der Waals surface area contributed by atoms with Crippen LogP contribution < -0.4 is 15.4 Å². The molecule has 0 aliphatic heterocycles. The third-order valence-corrected chi connectivity index (χ3v) is 3.15. The van der Waals surface area contributed by atoms with Crippen LogP contribution in [0.4, 0.5) is 0 Å². The molecule has 0 atom stereocenters. The van der Waals surface area contributed by atoms with Crippen molar-refractivity contribution in [2.24, 2.45) is 0 Å². The van der Waals surface area contributed by atoms with Gasteiger partial charge in [0.1, 0.15) is 0 Å². The van der Waals surface area contributed by atoms with Gasteiger partial charge in [-0.3, -0.25) is 0 Å². The molecule has 0 fully saturated rings. The fourth-order valence-corrected chi connectivity index (χ4v) is 2.37. The van der Waals surface area contributed by atoms with Gasteiger partial charge >= 0.3 is 0 Å². The van der Waals surface area contributed by atoms with Gasteiger partial charge in [-0.25, -0.2) is 0 Å². The highest BCUT2D eigenvalue weighted by Crippen LogP contribution is 2.33. The molecule has 0 unspecified atom stereocenters. The van der Waals surface area contributed by atoms with Crippen LogP contribution >= 0.6 is 23.2 Å². The van der Waals surface area contributed by atoms with Gasteiger partial charge in [-0.15, -0.1) is 0 Å². The molecule has 1 aromatic rings. The van der Waals surface area contributed by atoms with E-state index in [4.69, 9.17) is 33.0 Å². The summed E-state index contributed by atoms with van der Waals surface area (Å²) in [7, 11) is 1.55. The molecule has 19 heavy (non-hydrogen) atoms. The van der Waals surface area contributed by atoms with Crippen LogP contribution in [0.5, 0.6) is 5.75 Å². The number of rotatable bonds is 9. The van der Waals surface area contributed by atoms with Gasteiger partial charge in [0.25, 0.3) is 0 Å². The predicted molar refractivity (Wildman–Crippen MR) is 79.3 cm³/mol. The average molecular weight is 307 g/mol. The van der Waals surface area contributed by atoms with Crippen molar-refractivity contribution in [2.45, 2.75) is 13.0 Å². The smallest absolute Gasteiger partial charge is 0.156 e. The van der Waals surface area contributed by atoms with Crippen LogP contribution in [-0.4, -0.2) is 38.5 Å². The maximum Gasteiger partial charge on any atom is 0.156 e. The monoisotopic (exact) mass is 306 g/mol. The molecule has 0 saturated heterocycles. The molecule has 1 aromatic carbocycles. The molecule has 6 heteroatoms. The van der Waals surface area contributed by atoms with Gasteiger partial charge in [0, 0.05) is 13.1 Å². The number of benzene rings is 1. The van der Waals surface area contributed by atoms with E-state index in [-0.39, 0.29) is 6.61 Å². The fourth-order valence-electron chi connectivity index (χ4n) is 1.68. The van der Waals surface area contributed by atoms with E-state index in [0.717, 1.165) is 25.1 Å². The van der Waals surface area contributed by atoms with Gasteiger partial charge in [-0.1, -0.05) is 23.2 Å². The maximum atomic E-state index is 8.60. The molecule has 0 bridgehead atoms. The number of aliphatic hydroxyl groups is 1. The first-order chi connectivity index (χ1) is 9.19. The summed E-state index contributed by atoms with van der Waals surface area (Å²) in [5, 5.41) is 16.1. The van der Waals surface area contributed by atoms with Crippen molar-refractivity contribution in [3.63, 3.8) is 0 Å². The molecule has 0 amide bonds. The molecule has 0 radical (unpaired) electrons. The summed E-state index contributed by atoms with van der Waals surface area (Å²) in [4.78, 5) is 0. The van der Waals surface area contributed by atoms with Crippen molar-refractivity contribution in [1.82, 2.24) is 10.6 Å². The van der Waals surface area contributed by atoms with E-state index in [9.17, 15) is 0 Å². The van der Waals surface area contributed by atoms with E-state index in [2.05, 4.69) is 10.6 Å². The molecule has 0 heterocycles. The Hall–Kier alpha value is -0.520. The van der Waals surface area contributed by atoms with Crippen LogP contribution in [0.1, 0.15) is 12.0 Å². The minimum absolute atomic E-state index is 0.177. The molecule has 108 valence electrons. The van der Waals surface area contributed by atoms with Crippen molar-refractivity contribution in [2.75, 3.05) is 33.4 Å². The topological polar surface area (TPSA) is 53.5 Å². The highest BCUT2D eigenvalue weighted by molar-refractivity contribution is 6.37.